The molecular formula is C15H25N5. The van der Waals surface area contributed by atoms with Gasteiger partial charge in [-0.15, -0.1) is 0 Å². The molecule has 0 aromatic carbocycles. The summed E-state index contributed by atoms with van der Waals surface area (Å²) in [5.74, 6) is 1.90. The third-order valence-electron chi connectivity index (χ3n) is 4.44. The van der Waals surface area contributed by atoms with Crippen molar-refractivity contribution in [3.05, 3.63) is 18.1 Å². The summed E-state index contributed by atoms with van der Waals surface area (Å²) in [4.78, 5) is 13.8. The summed E-state index contributed by atoms with van der Waals surface area (Å²) in [6.45, 7) is 10.1. The Hall–Kier alpha value is -1.20. The lowest BCUT2D eigenvalue weighted by Crippen LogP contribution is -2.49. The van der Waals surface area contributed by atoms with Gasteiger partial charge < -0.3 is 10.2 Å². The van der Waals surface area contributed by atoms with Gasteiger partial charge in [0.25, 0.3) is 0 Å². The van der Waals surface area contributed by atoms with Crippen molar-refractivity contribution in [3.63, 3.8) is 0 Å². The van der Waals surface area contributed by atoms with Crippen LogP contribution in [0, 0.1) is 12.8 Å². The molecule has 3 rings (SSSR count). The number of rotatable bonds is 3. The van der Waals surface area contributed by atoms with Gasteiger partial charge in [0.1, 0.15) is 5.82 Å². The highest BCUT2D eigenvalue weighted by Crippen LogP contribution is 2.18. The summed E-state index contributed by atoms with van der Waals surface area (Å²) >= 11 is 0. The van der Waals surface area contributed by atoms with E-state index in [0.717, 1.165) is 43.6 Å². The summed E-state index contributed by atoms with van der Waals surface area (Å²) in [7, 11) is 0. The van der Waals surface area contributed by atoms with Crippen molar-refractivity contribution in [2.75, 3.05) is 50.7 Å². The zero-order valence-electron chi connectivity index (χ0n) is 12.4. The number of nitrogens with zero attached hydrogens (tertiary/aromatic N) is 4. The molecule has 110 valence electrons. The molecule has 0 spiro atoms. The number of aryl methyl sites for hydroxylation is 1. The van der Waals surface area contributed by atoms with Crippen LogP contribution in [-0.4, -0.2) is 60.7 Å². The minimum Gasteiger partial charge on any atom is -0.353 e. The molecule has 2 aliphatic rings. The van der Waals surface area contributed by atoms with Crippen molar-refractivity contribution in [2.24, 2.45) is 5.92 Å². The molecule has 0 amide bonds. The lowest BCUT2D eigenvalue weighted by Gasteiger charge is -2.38. The van der Waals surface area contributed by atoms with Gasteiger partial charge in [-0.25, -0.2) is 4.98 Å². The Morgan fingerprint density at radius 3 is 2.70 bits per heavy atom. The quantitative estimate of drug-likeness (QED) is 0.888. The molecular weight excluding hydrogens is 250 g/mol. The van der Waals surface area contributed by atoms with E-state index in [2.05, 4.69) is 25.1 Å². The first kappa shape index (κ1) is 13.8. The van der Waals surface area contributed by atoms with E-state index in [1.165, 1.54) is 32.5 Å². The first-order valence-electron chi connectivity index (χ1n) is 7.78. The number of hydrogen-bond donors (Lipinski definition) is 1. The van der Waals surface area contributed by atoms with Crippen LogP contribution < -0.4 is 10.2 Å². The summed E-state index contributed by atoms with van der Waals surface area (Å²) < 4.78 is 0. The number of anilines is 1. The van der Waals surface area contributed by atoms with Gasteiger partial charge in [0, 0.05) is 45.1 Å². The fourth-order valence-electron chi connectivity index (χ4n) is 3.30. The maximum atomic E-state index is 4.48. The lowest BCUT2D eigenvalue weighted by atomic mass is 9.99. The molecule has 3 heterocycles. The van der Waals surface area contributed by atoms with E-state index >= 15 is 0 Å². The standard InChI is InChI=1S/C15H25N5/c1-13-15(18-6-5-17-13)20-9-7-19(8-10-20)12-14-3-2-4-16-11-14/h5-6,14,16H,2-4,7-12H2,1H3. The van der Waals surface area contributed by atoms with Crippen LogP contribution in [0.5, 0.6) is 0 Å². The number of nitrogens with one attached hydrogen (secondary N) is 1. The molecule has 20 heavy (non-hydrogen) atoms. The smallest absolute Gasteiger partial charge is 0.150 e. The Morgan fingerprint density at radius 2 is 2.00 bits per heavy atom. The molecule has 1 N–H and O–H groups in total. The molecule has 0 saturated carbocycles. The minimum atomic E-state index is 0.841. The van der Waals surface area contributed by atoms with Crippen LogP contribution in [0.3, 0.4) is 0 Å². The summed E-state index contributed by atoms with van der Waals surface area (Å²) in [6, 6.07) is 0. The van der Waals surface area contributed by atoms with Gasteiger partial charge in [-0.3, -0.25) is 9.88 Å². The van der Waals surface area contributed by atoms with Crippen LogP contribution in [0.15, 0.2) is 12.4 Å². The molecule has 1 aromatic rings. The Labute approximate surface area is 121 Å². The average Bonchev–Trinajstić information content (AvgIpc) is 2.50. The normalized spacial score (nSPS) is 24.9. The lowest BCUT2D eigenvalue weighted by molar-refractivity contribution is 0.198. The first-order chi connectivity index (χ1) is 9.83. The molecule has 1 atom stereocenters. The fraction of sp³-hybridized carbons (Fsp3) is 0.733. The maximum Gasteiger partial charge on any atom is 0.150 e. The fourth-order valence-corrected chi connectivity index (χ4v) is 3.30. The highest BCUT2D eigenvalue weighted by Gasteiger charge is 2.22. The third kappa shape index (κ3) is 3.27. The number of piperidine rings is 1. The molecule has 2 saturated heterocycles. The molecule has 0 bridgehead atoms. The van der Waals surface area contributed by atoms with E-state index in [4.69, 9.17) is 0 Å². The second-order valence-corrected chi connectivity index (χ2v) is 5.97. The first-order valence-corrected chi connectivity index (χ1v) is 7.78. The van der Waals surface area contributed by atoms with E-state index in [9.17, 15) is 0 Å². The molecule has 1 aromatic heterocycles. The van der Waals surface area contributed by atoms with Crippen LogP contribution in [0.2, 0.25) is 0 Å². The monoisotopic (exact) mass is 275 g/mol. The topological polar surface area (TPSA) is 44.3 Å². The van der Waals surface area contributed by atoms with Crippen molar-refractivity contribution in [1.82, 2.24) is 20.2 Å². The van der Waals surface area contributed by atoms with Gasteiger partial charge in [-0.2, -0.15) is 0 Å². The Morgan fingerprint density at radius 1 is 1.20 bits per heavy atom. The van der Waals surface area contributed by atoms with Gasteiger partial charge >= 0.3 is 0 Å². The van der Waals surface area contributed by atoms with Crippen molar-refractivity contribution < 1.29 is 0 Å². The highest BCUT2D eigenvalue weighted by atomic mass is 15.3. The summed E-state index contributed by atoms with van der Waals surface area (Å²) in [5.41, 5.74) is 1.04. The second kappa shape index (κ2) is 6.50. The molecule has 1 unspecified atom stereocenters. The second-order valence-electron chi connectivity index (χ2n) is 5.97. The molecule has 0 aliphatic carbocycles. The van der Waals surface area contributed by atoms with Crippen LogP contribution in [-0.2, 0) is 0 Å². The van der Waals surface area contributed by atoms with E-state index in [0.29, 0.717) is 0 Å². The predicted molar refractivity (Wildman–Crippen MR) is 81.0 cm³/mol. The highest BCUT2D eigenvalue weighted by molar-refractivity contribution is 5.42. The number of piperazine rings is 1. The number of aromatic nitrogens is 2. The SMILES string of the molecule is Cc1nccnc1N1CCN(CC2CCCNC2)CC1. The van der Waals surface area contributed by atoms with Gasteiger partial charge in [0.2, 0.25) is 0 Å². The molecule has 2 fully saturated rings. The molecule has 5 nitrogen and oxygen atoms in total. The summed E-state index contributed by atoms with van der Waals surface area (Å²) in [5, 5.41) is 3.51. The van der Waals surface area contributed by atoms with Crippen LogP contribution in [0.4, 0.5) is 5.82 Å². The largest absolute Gasteiger partial charge is 0.353 e. The van der Waals surface area contributed by atoms with Gasteiger partial charge in [-0.1, -0.05) is 0 Å². The Balaban J connectivity index is 1.50. The molecule has 0 radical (unpaired) electrons. The Bertz CT molecular complexity index is 422. The van der Waals surface area contributed by atoms with Crippen LogP contribution in [0.1, 0.15) is 18.5 Å². The van der Waals surface area contributed by atoms with E-state index in [1.807, 2.05) is 6.92 Å². The van der Waals surface area contributed by atoms with Crippen molar-refractivity contribution in [2.45, 2.75) is 19.8 Å². The Kier molecular flexibility index (Phi) is 4.47. The minimum absolute atomic E-state index is 0.841. The molecule has 5 heteroatoms. The predicted octanol–water partition coefficient (Wildman–Crippen LogP) is 0.907. The average molecular weight is 275 g/mol. The number of hydrogen-bond acceptors (Lipinski definition) is 5. The van der Waals surface area contributed by atoms with Gasteiger partial charge in [0.15, 0.2) is 0 Å². The van der Waals surface area contributed by atoms with E-state index in [-0.39, 0.29) is 0 Å². The zero-order chi connectivity index (χ0) is 13.8. The van der Waals surface area contributed by atoms with E-state index in [1.54, 1.807) is 12.4 Å². The van der Waals surface area contributed by atoms with Crippen molar-refractivity contribution in [1.29, 1.82) is 0 Å². The van der Waals surface area contributed by atoms with Gasteiger partial charge in [-0.05, 0) is 38.8 Å². The van der Waals surface area contributed by atoms with E-state index < -0.39 is 0 Å². The third-order valence-corrected chi connectivity index (χ3v) is 4.44. The van der Waals surface area contributed by atoms with Crippen LogP contribution in [0.25, 0.3) is 0 Å². The maximum absolute atomic E-state index is 4.48. The van der Waals surface area contributed by atoms with Gasteiger partial charge in [0.05, 0.1) is 5.69 Å². The van der Waals surface area contributed by atoms with Crippen LogP contribution >= 0.6 is 0 Å². The zero-order valence-corrected chi connectivity index (χ0v) is 12.4. The molecule has 2 aliphatic heterocycles. The van der Waals surface area contributed by atoms with Crippen molar-refractivity contribution >= 4 is 5.82 Å². The van der Waals surface area contributed by atoms with Crippen molar-refractivity contribution in [3.8, 4) is 0 Å². The summed E-state index contributed by atoms with van der Waals surface area (Å²) in [6.07, 6.45) is 6.29.